The number of sulfonamides is 1. The molecule has 1 aliphatic heterocycles. The van der Waals surface area contributed by atoms with Crippen LogP contribution in [0.4, 0.5) is 5.82 Å². The van der Waals surface area contributed by atoms with E-state index >= 15 is 0 Å². The number of rotatable bonds is 5. The van der Waals surface area contributed by atoms with Crippen molar-refractivity contribution in [3.8, 4) is 0 Å². The van der Waals surface area contributed by atoms with Gasteiger partial charge in [0, 0.05) is 30.9 Å². The van der Waals surface area contributed by atoms with Gasteiger partial charge in [0.25, 0.3) is 0 Å². The van der Waals surface area contributed by atoms with Crippen LogP contribution in [0, 0.1) is 6.92 Å². The number of aromatic nitrogens is 1. The molecule has 0 spiro atoms. The summed E-state index contributed by atoms with van der Waals surface area (Å²) in [5.74, 6) is 0.949. The lowest BCUT2D eigenvalue weighted by Crippen LogP contribution is -2.24. The molecule has 128 valence electrons. The number of hydrogen-bond donors (Lipinski definition) is 1. The summed E-state index contributed by atoms with van der Waals surface area (Å²) in [6, 6.07) is 8.72. The van der Waals surface area contributed by atoms with Gasteiger partial charge in [-0.25, -0.2) is 18.1 Å². The number of benzene rings is 1. The Morgan fingerprint density at radius 2 is 1.96 bits per heavy atom. The van der Waals surface area contributed by atoms with Gasteiger partial charge in [-0.1, -0.05) is 23.7 Å². The number of nitrogens with zero attached hydrogens (tertiary/aromatic N) is 2. The molecule has 0 aliphatic carbocycles. The lowest BCUT2D eigenvalue weighted by Gasteiger charge is -2.16. The second kappa shape index (κ2) is 7.09. The first-order valence-electron chi connectivity index (χ1n) is 7.92. The molecule has 3 rings (SSSR count). The Bertz CT molecular complexity index is 816. The molecule has 0 saturated carbocycles. The summed E-state index contributed by atoms with van der Waals surface area (Å²) >= 11 is 6.01. The first kappa shape index (κ1) is 17.2. The van der Waals surface area contributed by atoms with E-state index < -0.39 is 10.0 Å². The Labute approximate surface area is 147 Å². The molecular formula is C17H20ClN3O2S. The molecule has 1 fully saturated rings. The van der Waals surface area contributed by atoms with Crippen LogP contribution in [0.2, 0.25) is 5.02 Å². The summed E-state index contributed by atoms with van der Waals surface area (Å²) in [6.45, 7) is 3.96. The van der Waals surface area contributed by atoms with Crippen molar-refractivity contribution in [2.75, 3.05) is 18.0 Å². The molecule has 1 saturated heterocycles. The van der Waals surface area contributed by atoms with Crippen LogP contribution < -0.4 is 9.62 Å². The van der Waals surface area contributed by atoms with Gasteiger partial charge >= 0.3 is 0 Å². The average Bonchev–Trinajstić information content (AvgIpc) is 3.10. The third kappa shape index (κ3) is 3.71. The molecular weight excluding hydrogens is 346 g/mol. The van der Waals surface area contributed by atoms with Crippen molar-refractivity contribution in [1.82, 2.24) is 9.71 Å². The van der Waals surface area contributed by atoms with Crippen molar-refractivity contribution in [2.24, 2.45) is 0 Å². The second-order valence-corrected chi connectivity index (χ2v) is 8.05. The molecule has 24 heavy (non-hydrogen) atoms. The van der Waals surface area contributed by atoms with E-state index in [0.717, 1.165) is 24.5 Å². The van der Waals surface area contributed by atoms with Gasteiger partial charge in [0.2, 0.25) is 10.0 Å². The van der Waals surface area contributed by atoms with Crippen LogP contribution in [0.5, 0.6) is 0 Å². The van der Waals surface area contributed by atoms with Crippen molar-refractivity contribution in [3.05, 3.63) is 52.7 Å². The average molecular weight is 366 g/mol. The fraction of sp³-hybridized carbons (Fsp3) is 0.353. The Kier molecular flexibility index (Phi) is 5.08. The summed E-state index contributed by atoms with van der Waals surface area (Å²) in [5, 5.41) is 0.439. The zero-order valence-electron chi connectivity index (χ0n) is 13.5. The largest absolute Gasteiger partial charge is 0.357 e. The van der Waals surface area contributed by atoms with Crippen molar-refractivity contribution >= 4 is 27.4 Å². The van der Waals surface area contributed by atoms with Crippen LogP contribution in [0.15, 0.2) is 41.4 Å². The summed E-state index contributed by atoms with van der Waals surface area (Å²) < 4.78 is 27.5. The number of hydrogen-bond acceptors (Lipinski definition) is 4. The van der Waals surface area contributed by atoms with Crippen LogP contribution in [0.1, 0.15) is 24.0 Å². The zero-order valence-corrected chi connectivity index (χ0v) is 15.1. The van der Waals surface area contributed by atoms with Crippen LogP contribution in [-0.4, -0.2) is 26.5 Å². The molecule has 0 bridgehead atoms. The van der Waals surface area contributed by atoms with E-state index in [0.29, 0.717) is 10.6 Å². The van der Waals surface area contributed by atoms with Gasteiger partial charge < -0.3 is 4.90 Å². The van der Waals surface area contributed by atoms with Gasteiger partial charge in [-0.2, -0.15) is 0 Å². The van der Waals surface area contributed by atoms with E-state index in [9.17, 15) is 8.42 Å². The summed E-state index contributed by atoms with van der Waals surface area (Å²) in [6.07, 6.45) is 4.12. The number of pyridine rings is 1. The third-order valence-electron chi connectivity index (χ3n) is 4.21. The minimum atomic E-state index is -3.61. The van der Waals surface area contributed by atoms with Gasteiger partial charge in [-0.15, -0.1) is 0 Å². The van der Waals surface area contributed by atoms with Crippen molar-refractivity contribution in [1.29, 1.82) is 0 Å². The molecule has 0 unspecified atom stereocenters. The molecule has 0 amide bonds. The lowest BCUT2D eigenvalue weighted by molar-refractivity contribution is 0.580. The van der Waals surface area contributed by atoms with Gasteiger partial charge in [0.15, 0.2) is 0 Å². The molecule has 2 aromatic rings. The van der Waals surface area contributed by atoms with E-state index in [1.54, 1.807) is 31.3 Å². The van der Waals surface area contributed by atoms with Gasteiger partial charge in [-0.3, -0.25) is 0 Å². The van der Waals surface area contributed by atoms with Gasteiger partial charge in [0.05, 0.1) is 4.90 Å². The lowest BCUT2D eigenvalue weighted by atomic mass is 10.2. The predicted molar refractivity (Wildman–Crippen MR) is 95.9 cm³/mol. The Balaban J connectivity index is 1.69. The third-order valence-corrected chi connectivity index (χ3v) is 6.17. The molecule has 5 nitrogen and oxygen atoms in total. The fourth-order valence-electron chi connectivity index (χ4n) is 2.79. The Hall–Kier alpha value is -1.63. The van der Waals surface area contributed by atoms with Crippen LogP contribution in [0.25, 0.3) is 0 Å². The molecule has 1 N–H and O–H groups in total. The minimum Gasteiger partial charge on any atom is -0.357 e. The Morgan fingerprint density at radius 1 is 1.21 bits per heavy atom. The molecule has 2 heterocycles. The van der Waals surface area contributed by atoms with E-state index in [2.05, 4.69) is 14.6 Å². The molecule has 1 aromatic carbocycles. The number of halogens is 1. The standard InChI is InChI=1S/C17H20ClN3O2S/c1-13-15(18)5-4-6-16(13)24(22,23)20-12-14-7-8-17(19-11-14)21-9-2-3-10-21/h4-8,11,20H,2-3,9-10,12H2,1H3. The fourth-order valence-corrected chi connectivity index (χ4v) is 4.30. The molecule has 1 aromatic heterocycles. The molecule has 0 radical (unpaired) electrons. The normalized spacial score (nSPS) is 15.0. The zero-order chi connectivity index (χ0) is 17.2. The molecule has 1 aliphatic rings. The van der Waals surface area contributed by atoms with E-state index in [-0.39, 0.29) is 11.4 Å². The van der Waals surface area contributed by atoms with E-state index in [4.69, 9.17) is 11.6 Å². The highest BCUT2D eigenvalue weighted by Gasteiger charge is 2.18. The van der Waals surface area contributed by atoms with Crippen molar-refractivity contribution < 1.29 is 8.42 Å². The number of nitrogens with one attached hydrogen (secondary N) is 1. The second-order valence-electron chi connectivity index (χ2n) is 5.91. The quantitative estimate of drug-likeness (QED) is 0.884. The minimum absolute atomic E-state index is 0.196. The first-order valence-corrected chi connectivity index (χ1v) is 9.78. The highest BCUT2D eigenvalue weighted by atomic mass is 35.5. The summed E-state index contributed by atoms with van der Waals surface area (Å²) in [5.41, 5.74) is 1.37. The maximum atomic E-state index is 12.5. The maximum absolute atomic E-state index is 12.5. The van der Waals surface area contributed by atoms with Crippen LogP contribution >= 0.6 is 11.6 Å². The SMILES string of the molecule is Cc1c(Cl)cccc1S(=O)(=O)NCc1ccc(N2CCCC2)nc1. The summed E-state index contributed by atoms with van der Waals surface area (Å²) in [7, 11) is -3.61. The maximum Gasteiger partial charge on any atom is 0.241 e. The molecule has 0 atom stereocenters. The summed E-state index contributed by atoms with van der Waals surface area (Å²) in [4.78, 5) is 6.88. The monoisotopic (exact) mass is 365 g/mol. The van der Waals surface area contributed by atoms with Gasteiger partial charge in [-0.05, 0) is 49.1 Å². The van der Waals surface area contributed by atoms with Crippen LogP contribution in [0.3, 0.4) is 0 Å². The molecule has 7 heteroatoms. The van der Waals surface area contributed by atoms with Crippen molar-refractivity contribution in [2.45, 2.75) is 31.2 Å². The topological polar surface area (TPSA) is 62.3 Å². The first-order chi connectivity index (χ1) is 11.5. The predicted octanol–water partition coefficient (Wildman–Crippen LogP) is 3.12. The smallest absolute Gasteiger partial charge is 0.241 e. The van der Waals surface area contributed by atoms with Crippen LogP contribution in [-0.2, 0) is 16.6 Å². The Morgan fingerprint density at radius 3 is 2.62 bits per heavy atom. The number of anilines is 1. The highest BCUT2D eigenvalue weighted by molar-refractivity contribution is 7.89. The van der Waals surface area contributed by atoms with E-state index in [1.807, 2.05) is 12.1 Å². The van der Waals surface area contributed by atoms with Gasteiger partial charge in [0.1, 0.15) is 5.82 Å². The van der Waals surface area contributed by atoms with E-state index in [1.165, 1.54) is 12.8 Å². The highest BCUT2D eigenvalue weighted by Crippen LogP contribution is 2.23. The van der Waals surface area contributed by atoms with Crippen molar-refractivity contribution in [3.63, 3.8) is 0 Å².